The van der Waals surface area contributed by atoms with Crippen LogP contribution in [0.2, 0.25) is 0 Å². The van der Waals surface area contributed by atoms with E-state index >= 15 is 0 Å². The van der Waals surface area contributed by atoms with Crippen LogP contribution < -0.4 is 10.6 Å². The van der Waals surface area contributed by atoms with Crippen LogP contribution in [0.15, 0.2) is 48.8 Å². The number of aliphatic hydroxyl groups is 1. The number of aryl methyl sites for hydroxylation is 1. The maximum atomic E-state index is 13.5. The fourth-order valence-corrected chi connectivity index (χ4v) is 5.07. The second-order valence-electron chi connectivity index (χ2n) is 9.63. The van der Waals surface area contributed by atoms with E-state index in [2.05, 4.69) is 20.6 Å². The Balaban J connectivity index is 1.47. The molecule has 194 valence electrons. The predicted octanol–water partition coefficient (Wildman–Crippen LogP) is 5.77. The number of amides is 2. The van der Waals surface area contributed by atoms with Gasteiger partial charge in [-0.3, -0.25) is 0 Å². The fourth-order valence-electron chi connectivity index (χ4n) is 5.07. The van der Waals surface area contributed by atoms with Crippen LogP contribution in [0.3, 0.4) is 0 Å². The molecular formula is C27H28F3N5O2. The summed E-state index contributed by atoms with van der Waals surface area (Å²) in [5.74, 6) is 0.448. The van der Waals surface area contributed by atoms with Gasteiger partial charge in [0, 0.05) is 36.3 Å². The van der Waals surface area contributed by atoms with Crippen molar-refractivity contribution < 1.29 is 23.1 Å². The van der Waals surface area contributed by atoms with E-state index in [1.165, 1.54) is 12.4 Å². The maximum Gasteiger partial charge on any atom is 0.416 e. The fraction of sp³-hybridized carbons (Fsp3) is 0.370. The van der Waals surface area contributed by atoms with Crippen molar-refractivity contribution in [1.82, 2.24) is 14.9 Å². The van der Waals surface area contributed by atoms with E-state index in [1.54, 1.807) is 11.0 Å². The van der Waals surface area contributed by atoms with Crippen molar-refractivity contribution in [3.05, 3.63) is 65.5 Å². The minimum Gasteiger partial charge on any atom is -0.393 e. The molecule has 7 nitrogen and oxygen atoms in total. The van der Waals surface area contributed by atoms with Gasteiger partial charge < -0.3 is 20.6 Å². The molecule has 1 saturated heterocycles. The number of likely N-dealkylation sites (tertiary alicyclic amines) is 1. The molecular weight excluding hydrogens is 483 g/mol. The number of anilines is 3. The zero-order valence-electron chi connectivity index (χ0n) is 20.3. The molecule has 1 aliphatic heterocycles. The first-order valence-electron chi connectivity index (χ1n) is 12.4. The molecule has 2 heterocycles. The Bertz CT molecular complexity index is 1310. The summed E-state index contributed by atoms with van der Waals surface area (Å²) in [6.07, 6.45) is 0.0865. The lowest BCUT2D eigenvalue weighted by molar-refractivity contribution is -0.137. The standard InChI is InChI=1S/C27H28F3N5O2/c1-16-4-3-11-35(16)26(37)34-24-12-18(27(28,29)30)8-10-20(24)23-14-25(32-15-31-23)33-22-6-2-5-17-7-9-19(36)13-21(17)22/h2,5-6,8,10,12,14-16,19,36H,3-4,7,9,11,13H2,1H3,(H,34,37)(H,31,32,33)/t16-,19+/m1/s1. The zero-order chi connectivity index (χ0) is 26.2. The van der Waals surface area contributed by atoms with Gasteiger partial charge in [-0.25, -0.2) is 14.8 Å². The largest absolute Gasteiger partial charge is 0.416 e. The Morgan fingerprint density at radius 1 is 1.11 bits per heavy atom. The second kappa shape index (κ2) is 10.0. The van der Waals surface area contributed by atoms with Gasteiger partial charge in [0.2, 0.25) is 0 Å². The molecule has 2 amide bonds. The van der Waals surface area contributed by atoms with Crippen molar-refractivity contribution in [2.45, 2.75) is 57.3 Å². The van der Waals surface area contributed by atoms with Crippen LogP contribution in [0.5, 0.6) is 0 Å². The van der Waals surface area contributed by atoms with Gasteiger partial charge in [0.25, 0.3) is 0 Å². The van der Waals surface area contributed by atoms with E-state index in [1.807, 2.05) is 25.1 Å². The van der Waals surface area contributed by atoms with E-state index < -0.39 is 23.9 Å². The number of nitrogens with zero attached hydrogens (tertiary/aromatic N) is 3. The molecule has 2 atom stereocenters. The van der Waals surface area contributed by atoms with Crippen molar-refractivity contribution in [2.75, 3.05) is 17.2 Å². The summed E-state index contributed by atoms with van der Waals surface area (Å²) in [6, 6.07) is 10.3. The van der Waals surface area contributed by atoms with E-state index in [0.717, 1.165) is 48.2 Å². The summed E-state index contributed by atoms with van der Waals surface area (Å²) in [7, 11) is 0. The lowest BCUT2D eigenvalue weighted by Gasteiger charge is -2.24. The number of hydrogen-bond acceptors (Lipinski definition) is 5. The Hall–Kier alpha value is -3.66. The molecule has 2 aromatic carbocycles. The summed E-state index contributed by atoms with van der Waals surface area (Å²) in [6.45, 7) is 2.47. The monoisotopic (exact) mass is 511 g/mol. The SMILES string of the molecule is C[C@@H]1CCCN1C(=O)Nc1cc(C(F)(F)F)ccc1-c1cc(Nc2cccc3c2C[C@@H](O)CC3)ncn1. The lowest BCUT2D eigenvalue weighted by Crippen LogP contribution is -2.37. The van der Waals surface area contributed by atoms with Crippen LogP contribution in [-0.4, -0.2) is 44.7 Å². The molecule has 2 aliphatic rings. The third kappa shape index (κ3) is 5.39. The zero-order valence-corrected chi connectivity index (χ0v) is 20.3. The number of nitrogens with one attached hydrogen (secondary N) is 2. The van der Waals surface area contributed by atoms with Crippen LogP contribution in [0, 0.1) is 0 Å². The van der Waals surface area contributed by atoms with E-state index in [4.69, 9.17) is 0 Å². The third-order valence-corrected chi connectivity index (χ3v) is 7.07. The molecule has 0 radical (unpaired) electrons. The molecule has 0 unspecified atom stereocenters. The van der Waals surface area contributed by atoms with Gasteiger partial charge in [0.1, 0.15) is 12.1 Å². The van der Waals surface area contributed by atoms with E-state index in [0.29, 0.717) is 36.5 Å². The molecule has 1 fully saturated rings. The number of urea groups is 1. The van der Waals surface area contributed by atoms with Crippen molar-refractivity contribution >= 4 is 23.2 Å². The van der Waals surface area contributed by atoms with Gasteiger partial charge >= 0.3 is 12.2 Å². The van der Waals surface area contributed by atoms with Crippen molar-refractivity contribution in [3.8, 4) is 11.3 Å². The highest BCUT2D eigenvalue weighted by molar-refractivity contribution is 5.94. The first-order chi connectivity index (χ1) is 17.7. The van der Waals surface area contributed by atoms with Gasteiger partial charge in [0.05, 0.1) is 23.0 Å². The molecule has 0 spiro atoms. The highest BCUT2D eigenvalue weighted by atomic mass is 19.4. The van der Waals surface area contributed by atoms with Gasteiger partial charge in [-0.1, -0.05) is 18.2 Å². The highest BCUT2D eigenvalue weighted by Crippen LogP contribution is 2.37. The molecule has 1 aliphatic carbocycles. The van der Waals surface area contributed by atoms with Crippen LogP contribution in [0.4, 0.5) is 35.2 Å². The number of alkyl halides is 3. The first kappa shape index (κ1) is 25.0. The number of aliphatic hydroxyl groups excluding tert-OH is 1. The van der Waals surface area contributed by atoms with Crippen LogP contribution in [0.1, 0.15) is 42.9 Å². The van der Waals surface area contributed by atoms with Crippen molar-refractivity contribution in [1.29, 1.82) is 0 Å². The molecule has 10 heteroatoms. The molecule has 1 aromatic heterocycles. The normalized spacial score (nSPS) is 19.4. The predicted molar refractivity (Wildman–Crippen MR) is 135 cm³/mol. The van der Waals surface area contributed by atoms with Crippen LogP contribution in [0.25, 0.3) is 11.3 Å². The van der Waals surface area contributed by atoms with E-state index in [9.17, 15) is 23.1 Å². The third-order valence-electron chi connectivity index (χ3n) is 7.07. The van der Waals surface area contributed by atoms with Gasteiger partial charge in [-0.05, 0) is 61.9 Å². The number of aromatic nitrogens is 2. The van der Waals surface area contributed by atoms with Gasteiger partial charge in [0.15, 0.2) is 0 Å². The summed E-state index contributed by atoms with van der Waals surface area (Å²) in [5, 5.41) is 16.1. The van der Waals surface area contributed by atoms with Crippen LogP contribution in [-0.2, 0) is 19.0 Å². The van der Waals surface area contributed by atoms with E-state index in [-0.39, 0.29) is 11.7 Å². The number of carbonyl (C=O) groups excluding carboxylic acids is 1. The first-order valence-corrected chi connectivity index (χ1v) is 12.4. The van der Waals surface area contributed by atoms with Crippen molar-refractivity contribution in [2.24, 2.45) is 0 Å². The smallest absolute Gasteiger partial charge is 0.393 e. The maximum absolute atomic E-state index is 13.5. The Morgan fingerprint density at radius 2 is 1.95 bits per heavy atom. The molecule has 0 bridgehead atoms. The summed E-state index contributed by atoms with van der Waals surface area (Å²) in [4.78, 5) is 23.1. The number of fused-ring (bicyclic) bond motifs is 1. The quantitative estimate of drug-likeness (QED) is 0.414. The Kier molecular flexibility index (Phi) is 6.76. The number of rotatable bonds is 4. The molecule has 3 aromatic rings. The van der Waals surface area contributed by atoms with Gasteiger partial charge in [-0.2, -0.15) is 13.2 Å². The summed E-state index contributed by atoms with van der Waals surface area (Å²) in [5.41, 5.74) is 2.87. The minimum atomic E-state index is -4.56. The Morgan fingerprint density at radius 3 is 2.70 bits per heavy atom. The number of carbonyl (C=O) groups is 1. The van der Waals surface area contributed by atoms with Gasteiger partial charge in [-0.15, -0.1) is 0 Å². The average Bonchev–Trinajstić information content (AvgIpc) is 3.30. The number of halogens is 3. The molecule has 0 saturated carbocycles. The molecule has 3 N–H and O–H groups in total. The number of benzene rings is 2. The summed E-state index contributed by atoms with van der Waals surface area (Å²) >= 11 is 0. The van der Waals surface area contributed by atoms with Crippen molar-refractivity contribution in [3.63, 3.8) is 0 Å². The highest BCUT2D eigenvalue weighted by Gasteiger charge is 2.32. The molecule has 37 heavy (non-hydrogen) atoms. The summed E-state index contributed by atoms with van der Waals surface area (Å²) < 4.78 is 40.5. The lowest BCUT2D eigenvalue weighted by atomic mass is 9.88. The number of hydrogen-bond donors (Lipinski definition) is 3. The minimum absolute atomic E-state index is 0.0134. The molecule has 5 rings (SSSR count). The Labute approximate surface area is 212 Å². The van der Waals surface area contributed by atoms with Crippen LogP contribution >= 0.6 is 0 Å². The topological polar surface area (TPSA) is 90.4 Å². The average molecular weight is 512 g/mol. The second-order valence-corrected chi connectivity index (χ2v) is 9.63.